The van der Waals surface area contributed by atoms with Gasteiger partial charge in [0.25, 0.3) is 5.91 Å². The third-order valence-corrected chi connectivity index (χ3v) is 5.36. The van der Waals surface area contributed by atoms with Crippen LogP contribution in [0.15, 0.2) is 30.5 Å². The van der Waals surface area contributed by atoms with Gasteiger partial charge in [-0.1, -0.05) is 0 Å². The second kappa shape index (κ2) is 8.57. The summed E-state index contributed by atoms with van der Waals surface area (Å²) >= 11 is 0. The summed E-state index contributed by atoms with van der Waals surface area (Å²) in [6.45, 7) is 12.5. The van der Waals surface area contributed by atoms with E-state index in [1.54, 1.807) is 20.4 Å². The number of ether oxygens (including phenoxy) is 2. The SMILES string of the molecule is COc1ccc(CN(C(=O)c2cc3cnn(C(C)C)c3nc2C)C(C)(C)C)c(OC)c1. The second-order valence-electron chi connectivity index (χ2n) is 8.96. The normalized spacial score (nSPS) is 11.8. The van der Waals surface area contributed by atoms with Gasteiger partial charge in [-0.25, -0.2) is 9.67 Å². The van der Waals surface area contributed by atoms with Gasteiger partial charge >= 0.3 is 0 Å². The lowest BCUT2D eigenvalue weighted by Gasteiger charge is -2.36. The highest BCUT2D eigenvalue weighted by Crippen LogP contribution is 2.30. The third kappa shape index (κ3) is 4.50. The summed E-state index contributed by atoms with van der Waals surface area (Å²) in [4.78, 5) is 20.3. The van der Waals surface area contributed by atoms with E-state index in [2.05, 4.69) is 18.9 Å². The summed E-state index contributed by atoms with van der Waals surface area (Å²) in [5, 5.41) is 5.30. The van der Waals surface area contributed by atoms with E-state index >= 15 is 0 Å². The van der Waals surface area contributed by atoms with Crippen molar-refractivity contribution in [3.63, 3.8) is 0 Å². The number of methoxy groups -OCH3 is 2. The number of hydrogen-bond acceptors (Lipinski definition) is 5. The van der Waals surface area contributed by atoms with E-state index in [1.165, 1.54) is 0 Å². The maximum Gasteiger partial charge on any atom is 0.256 e. The lowest BCUT2D eigenvalue weighted by Crippen LogP contribution is -2.45. The Kier molecular flexibility index (Phi) is 6.25. The van der Waals surface area contributed by atoms with E-state index in [0.29, 0.717) is 29.3 Å². The maximum atomic E-state index is 13.7. The third-order valence-electron chi connectivity index (χ3n) is 5.36. The van der Waals surface area contributed by atoms with Crippen molar-refractivity contribution in [1.82, 2.24) is 19.7 Å². The molecule has 2 heterocycles. The Morgan fingerprint density at radius 1 is 1.16 bits per heavy atom. The molecule has 166 valence electrons. The average Bonchev–Trinajstić information content (AvgIpc) is 3.12. The van der Waals surface area contributed by atoms with Crippen LogP contribution >= 0.6 is 0 Å². The van der Waals surface area contributed by atoms with Crippen LogP contribution in [0.2, 0.25) is 0 Å². The topological polar surface area (TPSA) is 69.5 Å². The van der Waals surface area contributed by atoms with Gasteiger partial charge in [0, 0.05) is 28.6 Å². The predicted molar refractivity (Wildman–Crippen MR) is 122 cm³/mol. The number of rotatable bonds is 6. The minimum absolute atomic E-state index is 0.0745. The highest BCUT2D eigenvalue weighted by atomic mass is 16.5. The smallest absolute Gasteiger partial charge is 0.256 e. The van der Waals surface area contributed by atoms with Crippen molar-refractivity contribution < 1.29 is 14.3 Å². The van der Waals surface area contributed by atoms with Gasteiger partial charge in [-0.3, -0.25) is 4.79 Å². The predicted octanol–water partition coefficient (Wildman–Crippen LogP) is 4.78. The van der Waals surface area contributed by atoms with Crippen LogP contribution in [0.5, 0.6) is 11.5 Å². The number of fused-ring (bicyclic) bond motifs is 1. The Morgan fingerprint density at radius 2 is 1.87 bits per heavy atom. The van der Waals surface area contributed by atoms with Gasteiger partial charge in [0.2, 0.25) is 0 Å². The molecule has 0 atom stereocenters. The fourth-order valence-corrected chi connectivity index (χ4v) is 3.57. The van der Waals surface area contributed by atoms with E-state index in [-0.39, 0.29) is 11.9 Å². The van der Waals surface area contributed by atoms with Crippen LogP contribution in [0.25, 0.3) is 11.0 Å². The lowest BCUT2D eigenvalue weighted by atomic mass is 10.0. The fraction of sp³-hybridized carbons (Fsp3) is 0.458. The Bertz CT molecular complexity index is 1100. The molecule has 3 aromatic rings. The summed E-state index contributed by atoms with van der Waals surface area (Å²) in [6, 6.07) is 7.74. The minimum atomic E-state index is -0.411. The first kappa shape index (κ1) is 22.6. The summed E-state index contributed by atoms with van der Waals surface area (Å²) in [6.07, 6.45) is 1.77. The van der Waals surface area contributed by atoms with E-state index in [9.17, 15) is 4.79 Å². The molecule has 0 bridgehead atoms. The largest absolute Gasteiger partial charge is 0.497 e. The summed E-state index contributed by atoms with van der Waals surface area (Å²) in [5.41, 5.74) is 2.56. The van der Waals surface area contributed by atoms with E-state index in [4.69, 9.17) is 14.5 Å². The van der Waals surface area contributed by atoms with Crippen molar-refractivity contribution in [2.45, 2.75) is 59.7 Å². The van der Waals surface area contributed by atoms with Crippen LogP contribution in [0.4, 0.5) is 0 Å². The minimum Gasteiger partial charge on any atom is -0.497 e. The van der Waals surface area contributed by atoms with Crippen LogP contribution < -0.4 is 9.47 Å². The van der Waals surface area contributed by atoms with Crippen molar-refractivity contribution in [2.75, 3.05) is 14.2 Å². The van der Waals surface area contributed by atoms with E-state index < -0.39 is 5.54 Å². The first-order valence-electron chi connectivity index (χ1n) is 10.4. The van der Waals surface area contributed by atoms with Gasteiger partial charge in [-0.05, 0) is 59.7 Å². The molecule has 3 rings (SSSR count). The zero-order valence-corrected chi connectivity index (χ0v) is 19.7. The standard InChI is InChI=1S/C24H32N4O3/c1-15(2)28-22-18(13-25-28)11-20(16(3)26-22)23(29)27(24(4,5)6)14-17-9-10-19(30-7)12-21(17)31-8/h9-13,15H,14H2,1-8H3. The van der Waals surface area contributed by atoms with Crippen molar-refractivity contribution in [2.24, 2.45) is 0 Å². The van der Waals surface area contributed by atoms with E-state index in [1.807, 2.05) is 61.5 Å². The molecule has 0 unspecified atom stereocenters. The molecule has 0 radical (unpaired) electrons. The van der Waals surface area contributed by atoms with Crippen LogP contribution in [-0.2, 0) is 6.54 Å². The van der Waals surface area contributed by atoms with Gasteiger partial charge in [-0.15, -0.1) is 0 Å². The molecule has 0 fully saturated rings. The number of nitrogens with zero attached hydrogens (tertiary/aromatic N) is 4. The Hall–Kier alpha value is -3.09. The van der Waals surface area contributed by atoms with Gasteiger partial charge in [0.05, 0.1) is 38.2 Å². The number of benzene rings is 1. The van der Waals surface area contributed by atoms with Crippen LogP contribution in [-0.4, -0.2) is 45.3 Å². The molecule has 7 heteroatoms. The zero-order chi connectivity index (χ0) is 22.9. The number of amides is 1. The first-order chi connectivity index (χ1) is 14.6. The molecule has 31 heavy (non-hydrogen) atoms. The molecule has 7 nitrogen and oxygen atoms in total. The maximum absolute atomic E-state index is 13.7. The Balaban J connectivity index is 2.02. The van der Waals surface area contributed by atoms with Gasteiger partial charge in [-0.2, -0.15) is 5.10 Å². The number of carbonyl (C=O) groups excluding carboxylic acids is 1. The van der Waals surface area contributed by atoms with E-state index in [0.717, 1.165) is 16.6 Å². The van der Waals surface area contributed by atoms with Crippen molar-refractivity contribution >= 4 is 16.9 Å². The van der Waals surface area contributed by atoms with Crippen molar-refractivity contribution in [3.8, 4) is 11.5 Å². The molecule has 0 aliphatic heterocycles. The van der Waals surface area contributed by atoms with Crippen molar-refractivity contribution in [3.05, 3.63) is 47.3 Å². The highest BCUT2D eigenvalue weighted by Gasteiger charge is 2.30. The second-order valence-corrected chi connectivity index (χ2v) is 8.96. The first-order valence-corrected chi connectivity index (χ1v) is 10.4. The number of aromatic nitrogens is 3. The number of pyridine rings is 1. The summed E-state index contributed by atoms with van der Waals surface area (Å²) < 4.78 is 12.7. The molecule has 0 N–H and O–H groups in total. The van der Waals surface area contributed by atoms with Crippen LogP contribution in [0, 0.1) is 6.92 Å². The van der Waals surface area contributed by atoms with Gasteiger partial charge in [0.15, 0.2) is 5.65 Å². The average molecular weight is 425 g/mol. The molecule has 1 amide bonds. The number of carbonyl (C=O) groups is 1. The summed E-state index contributed by atoms with van der Waals surface area (Å²) in [5.74, 6) is 1.32. The lowest BCUT2D eigenvalue weighted by molar-refractivity contribution is 0.0556. The van der Waals surface area contributed by atoms with Gasteiger partial charge in [0.1, 0.15) is 11.5 Å². The Morgan fingerprint density at radius 3 is 2.45 bits per heavy atom. The van der Waals surface area contributed by atoms with Crippen LogP contribution in [0.3, 0.4) is 0 Å². The fourth-order valence-electron chi connectivity index (χ4n) is 3.57. The number of hydrogen-bond donors (Lipinski definition) is 0. The monoisotopic (exact) mass is 424 g/mol. The van der Waals surface area contributed by atoms with Gasteiger partial charge < -0.3 is 14.4 Å². The molecule has 0 spiro atoms. The molecular weight excluding hydrogens is 392 g/mol. The van der Waals surface area contributed by atoms with Crippen LogP contribution in [0.1, 0.15) is 62.3 Å². The molecule has 0 aliphatic rings. The quantitative estimate of drug-likeness (QED) is 0.570. The summed E-state index contributed by atoms with van der Waals surface area (Å²) in [7, 11) is 3.24. The Labute approximate surface area is 184 Å². The molecule has 0 saturated carbocycles. The molecule has 0 saturated heterocycles. The highest BCUT2D eigenvalue weighted by molar-refractivity contribution is 5.98. The molecule has 1 aromatic carbocycles. The molecule has 0 aliphatic carbocycles. The molecule has 2 aromatic heterocycles. The molecular formula is C24H32N4O3. The zero-order valence-electron chi connectivity index (χ0n) is 19.7. The van der Waals surface area contributed by atoms with Crippen molar-refractivity contribution in [1.29, 1.82) is 0 Å². The number of aryl methyl sites for hydroxylation is 1.